The van der Waals surface area contributed by atoms with Crippen molar-refractivity contribution in [3.8, 4) is 0 Å². The fourth-order valence-corrected chi connectivity index (χ4v) is 1.36. The number of nitrogens with one attached hydrogen (secondary N) is 1. The van der Waals surface area contributed by atoms with Gasteiger partial charge in [-0.3, -0.25) is 4.79 Å². The molecule has 1 amide bonds. The lowest BCUT2D eigenvalue weighted by atomic mass is 9.85. The Morgan fingerprint density at radius 3 is 2.50 bits per heavy atom. The van der Waals surface area contributed by atoms with Gasteiger partial charge in [-0.2, -0.15) is 0 Å². The second-order valence-electron chi connectivity index (χ2n) is 2.84. The molecule has 0 aromatic rings. The second kappa shape index (κ2) is 3.01. The summed E-state index contributed by atoms with van der Waals surface area (Å²) >= 11 is 0. The van der Waals surface area contributed by atoms with Crippen LogP contribution in [-0.4, -0.2) is 19.0 Å². The molecule has 1 atom stereocenters. The molecule has 3 heteroatoms. The SMILES string of the molecule is CCC(C(N)=O)C1CNC1. The van der Waals surface area contributed by atoms with Gasteiger partial charge in [0.15, 0.2) is 0 Å². The van der Waals surface area contributed by atoms with Crippen molar-refractivity contribution in [3.05, 3.63) is 0 Å². The van der Waals surface area contributed by atoms with Crippen LogP contribution in [0.4, 0.5) is 0 Å². The highest BCUT2D eigenvalue weighted by atomic mass is 16.1. The van der Waals surface area contributed by atoms with Crippen molar-refractivity contribution < 1.29 is 4.79 Å². The molecule has 1 heterocycles. The summed E-state index contributed by atoms with van der Waals surface area (Å²) in [6.07, 6.45) is 0.877. The Morgan fingerprint density at radius 1 is 1.80 bits per heavy atom. The molecule has 0 radical (unpaired) electrons. The number of carbonyl (C=O) groups excluding carboxylic acids is 1. The first-order chi connectivity index (χ1) is 4.75. The smallest absolute Gasteiger partial charge is 0.220 e. The Hall–Kier alpha value is -0.570. The van der Waals surface area contributed by atoms with Crippen LogP contribution in [0.15, 0.2) is 0 Å². The summed E-state index contributed by atoms with van der Waals surface area (Å²) in [5.74, 6) is 0.456. The largest absolute Gasteiger partial charge is 0.369 e. The first-order valence-corrected chi connectivity index (χ1v) is 3.75. The van der Waals surface area contributed by atoms with E-state index in [1.54, 1.807) is 0 Å². The van der Waals surface area contributed by atoms with Crippen LogP contribution in [0.1, 0.15) is 13.3 Å². The maximum absolute atomic E-state index is 10.8. The van der Waals surface area contributed by atoms with Gasteiger partial charge in [-0.1, -0.05) is 6.92 Å². The van der Waals surface area contributed by atoms with Crippen LogP contribution in [0.5, 0.6) is 0 Å². The monoisotopic (exact) mass is 142 g/mol. The van der Waals surface area contributed by atoms with Crippen LogP contribution in [0.3, 0.4) is 0 Å². The van der Waals surface area contributed by atoms with E-state index < -0.39 is 0 Å². The van der Waals surface area contributed by atoms with E-state index in [9.17, 15) is 4.79 Å². The third-order valence-electron chi connectivity index (χ3n) is 2.19. The zero-order valence-electron chi connectivity index (χ0n) is 6.26. The van der Waals surface area contributed by atoms with E-state index in [1.165, 1.54) is 0 Å². The molecule has 1 aliphatic heterocycles. The van der Waals surface area contributed by atoms with E-state index in [-0.39, 0.29) is 11.8 Å². The number of nitrogens with two attached hydrogens (primary N) is 1. The average molecular weight is 142 g/mol. The number of rotatable bonds is 3. The molecule has 0 aromatic carbocycles. The first kappa shape index (κ1) is 7.54. The molecule has 1 fully saturated rings. The van der Waals surface area contributed by atoms with Gasteiger partial charge in [0.25, 0.3) is 0 Å². The molecular weight excluding hydrogens is 128 g/mol. The van der Waals surface area contributed by atoms with E-state index in [0.29, 0.717) is 5.92 Å². The maximum Gasteiger partial charge on any atom is 0.220 e. The van der Waals surface area contributed by atoms with E-state index in [4.69, 9.17) is 5.73 Å². The predicted octanol–water partition coefficient (Wildman–Crippen LogP) is -0.283. The van der Waals surface area contributed by atoms with Crippen LogP contribution in [0, 0.1) is 11.8 Å². The molecular formula is C7H14N2O. The topological polar surface area (TPSA) is 55.1 Å². The fourth-order valence-electron chi connectivity index (χ4n) is 1.36. The molecule has 3 N–H and O–H groups in total. The van der Waals surface area contributed by atoms with Crippen molar-refractivity contribution in [2.45, 2.75) is 13.3 Å². The molecule has 58 valence electrons. The molecule has 10 heavy (non-hydrogen) atoms. The first-order valence-electron chi connectivity index (χ1n) is 3.75. The Bertz CT molecular complexity index is 132. The minimum absolute atomic E-state index is 0.0984. The third-order valence-corrected chi connectivity index (χ3v) is 2.19. The summed E-state index contributed by atoms with van der Waals surface area (Å²) < 4.78 is 0. The van der Waals surface area contributed by atoms with Gasteiger partial charge in [-0.05, 0) is 25.4 Å². The Kier molecular flexibility index (Phi) is 2.27. The van der Waals surface area contributed by atoms with Gasteiger partial charge >= 0.3 is 0 Å². The molecule has 1 rings (SSSR count). The Labute approximate surface area is 61.0 Å². The Balaban J connectivity index is 2.39. The summed E-state index contributed by atoms with van der Waals surface area (Å²) in [6.45, 7) is 3.93. The molecule has 1 aliphatic rings. The van der Waals surface area contributed by atoms with Gasteiger partial charge in [-0.25, -0.2) is 0 Å². The minimum Gasteiger partial charge on any atom is -0.369 e. The van der Waals surface area contributed by atoms with Crippen molar-refractivity contribution in [3.63, 3.8) is 0 Å². The lowest BCUT2D eigenvalue weighted by Gasteiger charge is -2.32. The van der Waals surface area contributed by atoms with Crippen molar-refractivity contribution in [1.29, 1.82) is 0 Å². The van der Waals surface area contributed by atoms with Gasteiger partial charge in [0.2, 0.25) is 5.91 Å². The summed E-state index contributed by atoms with van der Waals surface area (Å²) in [5.41, 5.74) is 5.19. The molecule has 3 nitrogen and oxygen atoms in total. The molecule has 0 aromatic heterocycles. The summed E-state index contributed by atoms with van der Waals surface area (Å²) in [5, 5.41) is 3.12. The number of hydrogen-bond acceptors (Lipinski definition) is 2. The molecule has 1 saturated heterocycles. The van der Waals surface area contributed by atoms with Crippen LogP contribution in [-0.2, 0) is 4.79 Å². The summed E-state index contributed by atoms with van der Waals surface area (Å²) in [4.78, 5) is 10.8. The van der Waals surface area contributed by atoms with Crippen molar-refractivity contribution in [2.24, 2.45) is 17.6 Å². The van der Waals surface area contributed by atoms with Gasteiger partial charge in [0.05, 0.1) is 0 Å². The van der Waals surface area contributed by atoms with E-state index in [2.05, 4.69) is 5.32 Å². The highest BCUT2D eigenvalue weighted by molar-refractivity contribution is 5.77. The average Bonchev–Trinajstić information content (AvgIpc) is 1.76. The minimum atomic E-state index is -0.144. The zero-order valence-corrected chi connectivity index (χ0v) is 6.26. The highest BCUT2D eigenvalue weighted by Crippen LogP contribution is 2.18. The lowest BCUT2D eigenvalue weighted by molar-refractivity contribution is -0.124. The highest BCUT2D eigenvalue weighted by Gasteiger charge is 2.29. The quantitative estimate of drug-likeness (QED) is 0.569. The molecule has 0 aliphatic carbocycles. The van der Waals surface area contributed by atoms with Gasteiger partial charge in [0, 0.05) is 5.92 Å². The van der Waals surface area contributed by atoms with E-state index in [1.807, 2.05) is 6.92 Å². The van der Waals surface area contributed by atoms with Crippen LogP contribution in [0.2, 0.25) is 0 Å². The normalized spacial score (nSPS) is 21.7. The van der Waals surface area contributed by atoms with E-state index >= 15 is 0 Å². The van der Waals surface area contributed by atoms with Crippen molar-refractivity contribution in [2.75, 3.05) is 13.1 Å². The van der Waals surface area contributed by atoms with E-state index in [0.717, 1.165) is 19.5 Å². The number of carbonyl (C=O) groups is 1. The molecule has 1 unspecified atom stereocenters. The van der Waals surface area contributed by atoms with Crippen molar-refractivity contribution >= 4 is 5.91 Å². The van der Waals surface area contributed by atoms with Gasteiger partial charge in [0.1, 0.15) is 0 Å². The predicted molar refractivity (Wildman–Crippen MR) is 39.3 cm³/mol. The molecule has 0 bridgehead atoms. The number of amides is 1. The van der Waals surface area contributed by atoms with Crippen LogP contribution >= 0.6 is 0 Å². The summed E-state index contributed by atoms with van der Waals surface area (Å²) in [7, 11) is 0. The van der Waals surface area contributed by atoms with Crippen LogP contribution in [0.25, 0.3) is 0 Å². The third kappa shape index (κ3) is 1.29. The van der Waals surface area contributed by atoms with Gasteiger partial charge in [-0.15, -0.1) is 0 Å². The van der Waals surface area contributed by atoms with Gasteiger partial charge < -0.3 is 11.1 Å². The number of primary amides is 1. The zero-order chi connectivity index (χ0) is 7.56. The van der Waals surface area contributed by atoms with Crippen LogP contribution < -0.4 is 11.1 Å². The number of hydrogen-bond donors (Lipinski definition) is 2. The standard InChI is InChI=1S/C7H14N2O/c1-2-6(7(8)10)5-3-9-4-5/h5-6,9H,2-4H2,1H3,(H2,8,10). The Morgan fingerprint density at radius 2 is 2.40 bits per heavy atom. The molecule has 0 saturated carbocycles. The summed E-state index contributed by atoms with van der Waals surface area (Å²) in [6, 6.07) is 0. The van der Waals surface area contributed by atoms with Crippen molar-refractivity contribution in [1.82, 2.24) is 5.32 Å². The maximum atomic E-state index is 10.8. The fraction of sp³-hybridized carbons (Fsp3) is 0.857. The lowest BCUT2D eigenvalue weighted by Crippen LogP contribution is -2.49. The molecule has 0 spiro atoms. The second-order valence-corrected chi connectivity index (χ2v) is 2.84.